The van der Waals surface area contributed by atoms with Gasteiger partial charge in [-0.1, -0.05) is 6.07 Å². The lowest BCUT2D eigenvalue weighted by Gasteiger charge is -2.24. The van der Waals surface area contributed by atoms with Crippen molar-refractivity contribution in [2.45, 2.75) is 26.8 Å². The summed E-state index contributed by atoms with van der Waals surface area (Å²) in [5.74, 6) is -1.21. The summed E-state index contributed by atoms with van der Waals surface area (Å²) in [4.78, 5) is 23.4. The Morgan fingerprint density at radius 2 is 1.70 bits per heavy atom. The molecule has 0 unspecified atom stereocenters. The molecule has 0 aromatic carbocycles. The van der Waals surface area contributed by atoms with E-state index in [1.807, 2.05) is 0 Å². The number of aliphatic carboxylic acids is 1. The third-order valence-corrected chi connectivity index (χ3v) is 6.59. The summed E-state index contributed by atoms with van der Waals surface area (Å²) < 4.78 is 51.9. The Balaban J connectivity index is 1.75. The van der Waals surface area contributed by atoms with Crippen LogP contribution in [-0.4, -0.2) is 73.5 Å². The van der Waals surface area contributed by atoms with Gasteiger partial charge in [-0.25, -0.2) is 24.7 Å². The summed E-state index contributed by atoms with van der Waals surface area (Å²) in [7, 11) is -0.805. The molecule has 0 radical (unpaired) electrons. The van der Waals surface area contributed by atoms with Crippen LogP contribution in [0.3, 0.4) is 0 Å². The van der Waals surface area contributed by atoms with Crippen molar-refractivity contribution in [1.29, 1.82) is 0 Å². The van der Waals surface area contributed by atoms with Crippen molar-refractivity contribution in [3.05, 3.63) is 42.5 Å². The summed E-state index contributed by atoms with van der Waals surface area (Å²) in [6, 6.07) is 6.56. The Kier molecular flexibility index (Phi) is 8.48. The van der Waals surface area contributed by atoms with Crippen molar-refractivity contribution in [3.8, 4) is 28.5 Å². The van der Waals surface area contributed by atoms with Gasteiger partial charge in [0, 0.05) is 35.3 Å². The first kappa shape index (κ1) is 28.4. The molecular weight excluding hydrogens is 511 g/mol. The lowest BCUT2D eigenvalue weighted by Crippen LogP contribution is -2.30. The zero-order valence-corrected chi connectivity index (χ0v) is 22.1. The number of alkyl halides is 3. The fraction of sp³-hybridized carbons (Fsp3) is 0.458. The molecule has 0 fully saturated rings. The van der Waals surface area contributed by atoms with Crippen LogP contribution in [0.5, 0.6) is 5.88 Å². The van der Waals surface area contributed by atoms with Gasteiger partial charge in [0.05, 0.1) is 12.0 Å². The first-order valence-corrected chi connectivity index (χ1v) is 14.2. The lowest BCUT2D eigenvalue weighted by molar-refractivity contribution is -0.148. The number of rotatable bonds is 11. The highest BCUT2D eigenvalue weighted by atomic mass is 32.3. The quantitative estimate of drug-likeness (QED) is 0.351. The predicted octanol–water partition coefficient (Wildman–Crippen LogP) is 4.58. The molecule has 0 spiro atoms. The Labute approximate surface area is 214 Å². The van der Waals surface area contributed by atoms with Gasteiger partial charge in [0.1, 0.15) is 19.0 Å². The summed E-state index contributed by atoms with van der Waals surface area (Å²) in [5.41, 5.74) is 0.501. The monoisotopic (exact) mass is 541 g/mol. The van der Waals surface area contributed by atoms with Crippen LogP contribution in [0.15, 0.2) is 36.7 Å². The number of hydrogen-bond donors (Lipinski definition) is 1. The van der Waals surface area contributed by atoms with Crippen LogP contribution >= 0.6 is 10.0 Å². The van der Waals surface area contributed by atoms with E-state index in [1.54, 1.807) is 38.1 Å². The molecule has 0 amide bonds. The molecule has 0 saturated heterocycles. The molecule has 0 aliphatic carbocycles. The first-order valence-electron chi connectivity index (χ1n) is 11.2. The molecule has 1 N–H and O–H groups in total. The van der Waals surface area contributed by atoms with E-state index < -0.39 is 33.4 Å². The number of aromatic nitrogens is 5. The first-order chi connectivity index (χ1) is 17.2. The Hall–Kier alpha value is -3.19. The molecule has 37 heavy (non-hydrogen) atoms. The zero-order chi connectivity index (χ0) is 27.4. The largest absolute Gasteiger partial charge is 0.481 e. The van der Waals surface area contributed by atoms with Crippen LogP contribution in [0.25, 0.3) is 22.6 Å². The van der Waals surface area contributed by atoms with Crippen LogP contribution in [0.1, 0.15) is 19.7 Å². The van der Waals surface area contributed by atoms with Crippen molar-refractivity contribution in [2.75, 3.05) is 37.7 Å². The molecule has 0 aliphatic heterocycles. The van der Waals surface area contributed by atoms with Gasteiger partial charge in [-0.15, -0.1) is 5.10 Å². The Morgan fingerprint density at radius 1 is 1.05 bits per heavy atom. The molecule has 3 rings (SSSR count). The lowest BCUT2D eigenvalue weighted by atomic mass is 9.95. The summed E-state index contributed by atoms with van der Waals surface area (Å²) in [6.45, 7) is 3.27. The van der Waals surface area contributed by atoms with E-state index in [2.05, 4.69) is 38.8 Å². The maximum Gasteiger partial charge on any atom is 0.453 e. The van der Waals surface area contributed by atoms with Crippen molar-refractivity contribution in [1.82, 2.24) is 24.7 Å². The second-order valence-electron chi connectivity index (χ2n) is 9.88. The normalized spacial score (nSPS) is 13.0. The van der Waals surface area contributed by atoms with Crippen molar-refractivity contribution < 1.29 is 32.5 Å². The molecular formula is C24H30F3N5O4S. The fourth-order valence-electron chi connectivity index (χ4n) is 2.85. The van der Waals surface area contributed by atoms with Gasteiger partial charge < -0.3 is 14.6 Å². The molecule has 3 heterocycles. The second-order valence-corrected chi connectivity index (χ2v) is 14.5. The molecule has 202 valence electrons. The Bertz CT molecular complexity index is 1210. The van der Waals surface area contributed by atoms with Crippen molar-refractivity contribution >= 4 is 16.0 Å². The van der Waals surface area contributed by atoms with Crippen LogP contribution < -0.4 is 4.74 Å². The number of halogens is 3. The minimum Gasteiger partial charge on any atom is -0.481 e. The van der Waals surface area contributed by atoms with E-state index in [9.17, 15) is 23.1 Å². The highest BCUT2D eigenvalue weighted by Crippen LogP contribution is 2.34. The summed E-state index contributed by atoms with van der Waals surface area (Å²) >= 11 is 0. The maximum atomic E-state index is 13.3. The van der Waals surface area contributed by atoms with Gasteiger partial charge in [0.15, 0.2) is 5.82 Å². The van der Waals surface area contributed by atoms with E-state index in [-0.39, 0.29) is 30.7 Å². The number of carboxylic acids is 1. The van der Waals surface area contributed by atoms with E-state index in [0.717, 1.165) is 10.4 Å². The van der Waals surface area contributed by atoms with Crippen LogP contribution in [0.2, 0.25) is 0 Å². The van der Waals surface area contributed by atoms with Crippen LogP contribution in [0.4, 0.5) is 13.2 Å². The molecule has 0 bridgehead atoms. The number of pyridine rings is 2. The fourth-order valence-corrected chi connectivity index (χ4v) is 3.47. The number of ether oxygens (including phenoxy) is 2. The standard InChI is InChI=1S/C24H30F3N5O4S/c1-23(2,22(33)34)14-36-19-9-7-17(13-29-19)16-6-8-18(28-12-16)20-30-21(24(25,26)27)31-32(20)15-35-10-11-37(3,4)5/h6-9,12-13H,10-11,14-15H2,1-5H3,(H,33,34). The van der Waals surface area contributed by atoms with Gasteiger partial charge in [-0.3, -0.25) is 9.78 Å². The minimum absolute atomic E-state index is 0.0490. The summed E-state index contributed by atoms with van der Waals surface area (Å²) in [6.07, 6.45) is 4.71. The van der Waals surface area contributed by atoms with Gasteiger partial charge in [0.25, 0.3) is 5.82 Å². The number of carbonyl (C=O) groups is 1. The molecule has 9 nitrogen and oxygen atoms in total. The molecule has 0 aliphatic rings. The average Bonchev–Trinajstić information content (AvgIpc) is 3.25. The highest BCUT2D eigenvalue weighted by Gasteiger charge is 2.37. The number of carboxylic acid groups (broad SMARTS) is 1. The number of hydrogen-bond acceptors (Lipinski definition) is 7. The third kappa shape index (κ3) is 7.89. The van der Waals surface area contributed by atoms with Gasteiger partial charge in [-0.2, -0.15) is 13.2 Å². The van der Waals surface area contributed by atoms with Gasteiger partial charge in [0.2, 0.25) is 5.88 Å². The van der Waals surface area contributed by atoms with E-state index in [4.69, 9.17) is 9.47 Å². The second kappa shape index (κ2) is 11.1. The Morgan fingerprint density at radius 3 is 2.22 bits per heavy atom. The molecule has 3 aromatic heterocycles. The molecule has 13 heteroatoms. The molecule has 0 saturated carbocycles. The van der Waals surface area contributed by atoms with Crippen LogP contribution in [0, 0.1) is 5.41 Å². The minimum atomic E-state index is -4.70. The smallest absolute Gasteiger partial charge is 0.453 e. The van der Waals surface area contributed by atoms with Crippen molar-refractivity contribution in [2.24, 2.45) is 5.41 Å². The van der Waals surface area contributed by atoms with Gasteiger partial charge in [-0.05, 0) is 44.7 Å². The topological polar surface area (TPSA) is 112 Å². The molecule has 3 aromatic rings. The zero-order valence-electron chi connectivity index (χ0n) is 21.2. The SMILES string of the molecule is CC(C)(COc1ccc(-c2ccc(-c3nc(C(F)(F)F)nn3COCCS(C)(C)C)nc2)cn1)C(=O)O. The third-order valence-electron chi connectivity index (χ3n) is 5.20. The summed E-state index contributed by atoms with van der Waals surface area (Å²) in [5, 5.41) is 12.8. The van der Waals surface area contributed by atoms with Crippen LogP contribution in [-0.2, 0) is 22.4 Å². The highest BCUT2D eigenvalue weighted by molar-refractivity contribution is 8.32. The van der Waals surface area contributed by atoms with E-state index >= 15 is 0 Å². The molecule has 0 atom stereocenters. The maximum absolute atomic E-state index is 13.3. The number of nitrogens with zero attached hydrogens (tertiary/aromatic N) is 5. The van der Waals surface area contributed by atoms with E-state index in [1.165, 1.54) is 12.4 Å². The predicted molar refractivity (Wildman–Crippen MR) is 135 cm³/mol. The average molecular weight is 542 g/mol. The van der Waals surface area contributed by atoms with Gasteiger partial charge >= 0.3 is 12.1 Å². The van der Waals surface area contributed by atoms with Crippen molar-refractivity contribution in [3.63, 3.8) is 0 Å². The van der Waals surface area contributed by atoms with E-state index in [0.29, 0.717) is 17.7 Å².